The Morgan fingerprint density at radius 3 is 2.57 bits per heavy atom. The smallest absolute Gasteiger partial charge is 0.226 e. The summed E-state index contributed by atoms with van der Waals surface area (Å²) in [5.74, 6) is 0.0736. The van der Waals surface area contributed by atoms with Crippen LogP contribution in [-0.2, 0) is 16.8 Å². The van der Waals surface area contributed by atoms with Gasteiger partial charge in [0.15, 0.2) is 0 Å². The summed E-state index contributed by atoms with van der Waals surface area (Å²) in [5.41, 5.74) is -0.110. The van der Waals surface area contributed by atoms with Gasteiger partial charge in [-0.15, -0.1) is 11.3 Å². The fourth-order valence-electron chi connectivity index (χ4n) is 3.19. The number of carbonyl (C=O) groups excluding carboxylic acids is 1. The molecule has 1 aliphatic carbocycles. The van der Waals surface area contributed by atoms with E-state index < -0.39 is 5.60 Å². The molecule has 1 unspecified atom stereocenters. The molecule has 0 bridgehead atoms. The zero-order valence-electron chi connectivity index (χ0n) is 13.4. The summed E-state index contributed by atoms with van der Waals surface area (Å²) in [4.78, 5) is 13.6. The quantitative estimate of drug-likeness (QED) is 0.852. The van der Waals surface area contributed by atoms with Crippen LogP contribution in [0.4, 0.5) is 0 Å². The molecule has 1 atom stereocenters. The molecule has 1 saturated carbocycles. The van der Waals surface area contributed by atoms with Gasteiger partial charge in [-0.3, -0.25) is 4.79 Å². The van der Waals surface area contributed by atoms with Crippen molar-refractivity contribution in [3.05, 3.63) is 58.3 Å². The van der Waals surface area contributed by atoms with E-state index in [0.29, 0.717) is 0 Å². The Morgan fingerprint density at radius 2 is 2.00 bits per heavy atom. The number of aliphatic hydroxyl groups is 1. The maximum Gasteiger partial charge on any atom is 0.226 e. The molecule has 1 aromatic heterocycles. The highest BCUT2D eigenvalue weighted by Gasteiger charge is 2.44. The number of rotatable bonds is 6. The van der Waals surface area contributed by atoms with Gasteiger partial charge in [-0.1, -0.05) is 42.8 Å². The van der Waals surface area contributed by atoms with Crippen LogP contribution in [0.15, 0.2) is 47.8 Å². The number of amides is 1. The summed E-state index contributed by atoms with van der Waals surface area (Å²) in [7, 11) is 0. The first kappa shape index (κ1) is 16.2. The normalized spacial score (nSPS) is 18.7. The molecular weight excluding hydrogens is 306 g/mol. The zero-order valence-corrected chi connectivity index (χ0v) is 14.2. The third kappa shape index (κ3) is 3.48. The molecule has 1 amide bonds. The van der Waals surface area contributed by atoms with Crippen LogP contribution < -0.4 is 5.32 Å². The number of benzene rings is 1. The van der Waals surface area contributed by atoms with E-state index in [1.807, 2.05) is 35.7 Å². The highest BCUT2D eigenvalue weighted by atomic mass is 32.1. The standard InChI is InChI=1S/C19H23NO2S/c1-18(22,16-9-5-12-23-16)14-20-17(21)19(10-6-11-19)13-15-7-3-2-4-8-15/h2-5,7-9,12,22H,6,10-11,13-14H2,1H3,(H,20,21). The summed E-state index contributed by atoms with van der Waals surface area (Å²) < 4.78 is 0. The van der Waals surface area contributed by atoms with Gasteiger partial charge in [-0.2, -0.15) is 0 Å². The molecule has 1 aliphatic rings. The predicted octanol–water partition coefficient (Wildman–Crippen LogP) is 3.48. The van der Waals surface area contributed by atoms with Gasteiger partial charge in [0.2, 0.25) is 5.91 Å². The number of hydrogen-bond acceptors (Lipinski definition) is 3. The Kier molecular flexibility index (Phi) is 4.55. The molecule has 3 rings (SSSR count). The van der Waals surface area contributed by atoms with Gasteiger partial charge in [-0.05, 0) is 43.2 Å². The summed E-state index contributed by atoms with van der Waals surface area (Å²) >= 11 is 1.51. The summed E-state index contributed by atoms with van der Waals surface area (Å²) in [5, 5.41) is 15.5. The van der Waals surface area contributed by atoms with Gasteiger partial charge in [0.1, 0.15) is 5.60 Å². The van der Waals surface area contributed by atoms with E-state index in [1.54, 1.807) is 6.92 Å². The third-order valence-electron chi connectivity index (χ3n) is 4.82. The zero-order chi connectivity index (χ0) is 16.3. The van der Waals surface area contributed by atoms with Crippen LogP contribution in [0.1, 0.15) is 36.6 Å². The second-order valence-corrected chi connectivity index (χ2v) is 7.68. The minimum atomic E-state index is -1.01. The molecule has 0 radical (unpaired) electrons. The third-order valence-corrected chi connectivity index (χ3v) is 5.95. The van der Waals surface area contributed by atoms with Crippen molar-refractivity contribution >= 4 is 17.2 Å². The largest absolute Gasteiger partial charge is 0.383 e. The lowest BCUT2D eigenvalue weighted by Crippen LogP contribution is -2.50. The molecular formula is C19H23NO2S. The Morgan fingerprint density at radius 1 is 1.26 bits per heavy atom. The van der Waals surface area contributed by atoms with E-state index >= 15 is 0 Å². The number of carbonyl (C=O) groups is 1. The van der Waals surface area contributed by atoms with Gasteiger partial charge < -0.3 is 10.4 Å². The molecule has 2 N–H and O–H groups in total. The lowest BCUT2D eigenvalue weighted by atomic mass is 9.64. The molecule has 2 aromatic rings. The molecule has 1 aromatic carbocycles. The van der Waals surface area contributed by atoms with Gasteiger partial charge in [0.25, 0.3) is 0 Å². The lowest BCUT2D eigenvalue weighted by molar-refractivity contribution is -0.137. The van der Waals surface area contributed by atoms with Crippen LogP contribution in [0.2, 0.25) is 0 Å². The Bertz CT molecular complexity index is 645. The molecule has 1 heterocycles. The molecule has 122 valence electrons. The number of thiophene rings is 1. The number of nitrogens with one attached hydrogen (secondary N) is 1. The van der Waals surface area contributed by atoms with E-state index in [9.17, 15) is 9.90 Å². The Labute approximate surface area is 141 Å². The maximum atomic E-state index is 12.7. The molecule has 1 fully saturated rings. The lowest BCUT2D eigenvalue weighted by Gasteiger charge is -2.41. The van der Waals surface area contributed by atoms with Crippen molar-refractivity contribution in [2.45, 2.75) is 38.2 Å². The summed E-state index contributed by atoms with van der Waals surface area (Å²) in [6, 6.07) is 14.0. The molecule has 23 heavy (non-hydrogen) atoms. The van der Waals surface area contributed by atoms with Crippen molar-refractivity contribution < 1.29 is 9.90 Å². The Hall–Kier alpha value is -1.65. The van der Waals surface area contributed by atoms with E-state index in [4.69, 9.17) is 0 Å². The SMILES string of the molecule is CC(O)(CNC(=O)C1(Cc2ccccc2)CCC1)c1cccs1. The van der Waals surface area contributed by atoms with Crippen LogP contribution in [0.5, 0.6) is 0 Å². The van der Waals surface area contributed by atoms with E-state index in [-0.39, 0.29) is 17.9 Å². The van der Waals surface area contributed by atoms with Crippen LogP contribution in [0, 0.1) is 5.41 Å². The first-order valence-corrected chi connectivity index (χ1v) is 8.98. The Balaban J connectivity index is 1.64. The van der Waals surface area contributed by atoms with Crippen molar-refractivity contribution in [2.75, 3.05) is 6.54 Å². The first-order valence-electron chi connectivity index (χ1n) is 8.10. The summed E-state index contributed by atoms with van der Waals surface area (Å²) in [6.07, 6.45) is 3.73. The van der Waals surface area contributed by atoms with E-state index in [0.717, 1.165) is 30.6 Å². The highest BCUT2D eigenvalue weighted by Crippen LogP contribution is 2.44. The van der Waals surface area contributed by atoms with Crippen molar-refractivity contribution in [2.24, 2.45) is 5.41 Å². The van der Waals surface area contributed by atoms with E-state index in [1.165, 1.54) is 16.9 Å². The van der Waals surface area contributed by atoms with Crippen molar-refractivity contribution in [1.82, 2.24) is 5.32 Å². The van der Waals surface area contributed by atoms with Gasteiger partial charge in [-0.25, -0.2) is 0 Å². The maximum absolute atomic E-state index is 12.7. The molecule has 4 heteroatoms. The van der Waals surface area contributed by atoms with Crippen LogP contribution >= 0.6 is 11.3 Å². The second kappa shape index (κ2) is 6.46. The fourth-order valence-corrected chi connectivity index (χ4v) is 3.97. The minimum absolute atomic E-state index is 0.0736. The monoisotopic (exact) mass is 329 g/mol. The van der Waals surface area contributed by atoms with Gasteiger partial charge in [0, 0.05) is 4.88 Å². The van der Waals surface area contributed by atoms with Crippen LogP contribution in [0.3, 0.4) is 0 Å². The average molecular weight is 329 g/mol. The van der Waals surface area contributed by atoms with Gasteiger partial charge in [0.05, 0.1) is 12.0 Å². The second-order valence-electron chi connectivity index (χ2n) is 6.73. The van der Waals surface area contributed by atoms with Crippen molar-refractivity contribution in [3.8, 4) is 0 Å². The first-order chi connectivity index (χ1) is 11.0. The minimum Gasteiger partial charge on any atom is -0.383 e. The number of hydrogen-bond donors (Lipinski definition) is 2. The predicted molar refractivity (Wildman–Crippen MR) is 93.3 cm³/mol. The van der Waals surface area contributed by atoms with Crippen molar-refractivity contribution in [3.63, 3.8) is 0 Å². The van der Waals surface area contributed by atoms with E-state index in [2.05, 4.69) is 17.4 Å². The molecule has 0 spiro atoms. The topological polar surface area (TPSA) is 49.3 Å². The molecule has 3 nitrogen and oxygen atoms in total. The van der Waals surface area contributed by atoms with Crippen LogP contribution in [0.25, 0.3) is 0 Å². The van der Waals surface area contributed by atoms with Gasteiger partial charge >= 0.3 is 0 Å². The molecule has 0 aliphatic heterocycles. The fraction of sp³-hybridized carbons (Fsp3) is 0.421. The molecule has 0 saturated heterocycles. The van der Waals surface area contributed by atoms with Crippen molar-refractivity contribution in [1.29, 1.82) is 0 Å². The van der Waals surface area contributed by atoms with Crippen LogP contribution in [-0.4, -0.2) is 17.6 Å². The summed E-state index contributed by atoms with van der Waals surface area (Å²) in [6.45, 7) is 2.01. The average Bonchev–Trinajstić information content (AvgIpc) is 3.05. The highest BCUT2D eigenvalue weighted by molar-refractivity contribution is 7.10.